The van der Waals surface area contributed by atoms with Gasteiger partial charge in [-0.2, -0.15) is 0 Å². The van der Waals surface area contributed by atoms with E-state index < -0.39 is 5.97 Å². The van der Waals surface area contributed by atoms with Crippen LogP contribution in [0.4, 0.5) is 5.69 Å². The Hall–Kier alpha value is -1.75. The number of aryl methyl sites for hydroxylation is 2. The predicted octanol–water partition coefficient (Wildman–Crippen LogP) is 4.53. The highest BCUT2D eigenvalue weighted by Crippen LogP contribution is 2.31. The minimum atomic E-state index is -1.06. The van der Waals surface area contributed by atoms with Crippen molar-refractivity contribution in [2.45, 2.75) is 26.8 Å². The highest BCUT2D eigenvalue weighted by molar-refractivity contribution is 9.10. The average Bonchev–Trinajstić information content (AvgIpc) is 2.83. The summed E-state index contributed by atoms with van der Waals surface area (Å²) in [6.45, 7) is 5.99. The quantitative estimate of drug-likeness (QED) is 0.860. The number of carbonyl (C=O) groups is 1. The van der Waals surface area contributed by atoms with Gasteiger partial charge in [-0.15, -0.1) is 0 Å². The molecule has 1 atom stereocenters. The van der Waals surface area contributed by atoms with E-state index in [0.717, 1.165) is 15.7 Å². The van der Waals surface area contributed by atoms with Crippen LogP contribution in [0.15, 0.2) is 33.2 Å². The fourth-order valence-corrected chi connectivity index (χ4v) is 2.87. The lowest BCUT2D eigenvalue weighted by atomic mass is 10.1. The number of rotatable bonds is 4. The SMILES string of the molecule is Cc1cc(C)c(NC(C)c2ccc(C(=O)O)o2)c(Br)c1. The Kier molecular flexibility index (Phi) is 4.18. The van der Waals surface area contributed by atoms with Crippen molar-refractivity contribution in [1.29, 1.82) is 0 Å². The summed E-state index contributed by atoms with van der Waals surface area (Å²) in [6.07, 6.45) is 0. The molecule has 1 aromatic carbocycles. The van der Waals surface area contributed by atoms with Crippen LogP contribution in [0.25, 0.3) is 0 Å². The summed E-state index contributed by atoms with van der Waals surface area (Å²) >= 11 is 3.54. The molecule has 0 aliphatic rings. The number of benzene rings is 1. The third kappa shape index (κ3) is 3.04. The van der Waals surface area contributed by atoms with Crippen molar-refractivity contribution in [3.8, 4) is 0 Å². The summed E-state index contributed by atoms with van der Waals surface area (Å²) in [7, 11) is 0. The minimum absolute atomic E-state index is 0.0478. The molecule has 106 valence electrons. The number of furan rings is 1. The number of hydrogen-bond acceptors (Lipinski definition) is 3. The first-order valence-electron chi connectivity index (χ1n) is 6.25. The van der Waals surface area contributed by atoms with Crippen LogP contribution >= 0.6 is 15.9 Å². The van der Waals surface area contributed by atoms with Gasteiger partial charge in [0.2, 0.25) is 5.76 Å². The number of anilines is 1. The van der Waals surface area contributed by atoms with Crippen molar-refractivity contribution >= 4 is 27.6 Å². The molecule has 1 aromatic heterocycles. The van der Waals surface area contributed by atoms with Gasteiger partial charge in [-0.25, -0.2) is 4.79 Å². The Balaban J connectivity index is 2.23. The molecule has 0 spiro atoms. The van der Waals surface area contributed by atoms with E-state index in [4.69, 9.17) is 9.52 Å². The summed E-state index contributed by atoms with van der Waals surface area (Å²) in [5.74, 6) is -0.515. The van der Waals surface area contributed by atoms with Gasteiger partial charge in [0.25, 0.3) is 0 Å². The average molecular weight is 338 g/mol. The van der Waals surface area contributed by atoms with Crippen LogP contribution in [0.2, 0.25) is 0 Å². The van der Waals surface area contributed by atoms with Gasteiger partial charge in [0.05, 0.1) is 11.7 Å². The molecular weight excluding hydrogens is 322 g/mol. The lowest BCUT2D eigenvalue weighted by Crippen LogP contribution is -2.07. The van der Waals surface area contributed by atoms with E-state index in [1.807, 2.05) is 26.8 Å². The van der Waals surface area contributed by atoms with Gasteiger partial charge >= 0.3 is 5.97 Å². The predicted molar refractivity (Wildman–Crippen MR) is 81.3 cm³/mol. The fraction of sp³-hybridized carbons (Fsp3) is 0.267. The summed E-state index contributed by atoms with van der Waals surface area (Å²) < 4.78 is 6.28. The second-order valence-corrected chi connectivity index (χ2v) is 5.67. The van der Waals surface area contributed by atoms with Gasteiger partial charge in [0, 0.05) is 4.47 Å². The molecule has 0 bridgehead atoms. The Morgan fingerprint density at radius 1 is 1.35 bits per heavy atom. The van der Waals surface area contributed by atoms with E-state index in [0.29, 0.717) is 5.76 Å². The smallest absolute Gasteiger partial charge is 0.371 e. The van der Waals surface area contributed by atoms with Gasteiger partial charge in [-0.05, 0) is 66.0 Å². The molecule has 1 unspecified atom stereocenters. The third-order valence-corrected chi connectivity index (χ3v) is 3.68. The maximum Gasteiger partial charge on any atom is 0.371 e. The summed E-state index contributed by atoms with van der Waals surface area (Å²) in [4.78, 5) is 10.8. The van der Waals surface area contributed by atoms with Crippen molar-refractivity contribution in [1.82, 2.24) is 0 Å². The Morgan fingerprint density at radius 2 is 2.05 bits per heavy atom. The largest absolute Gasteiger partial charge is 0.475 e. The second kappa shape index (κ2) is 5.71. The zero-order chi connectivity index (χ0) is 14.9. The van der Waals surface area contributed by atoms with E-state index in [9.17, 15) is 4.79 Å². The molecule has 0 radical (unpaired) electrons. The molecule has 0 aliphatic heterocycles. The van der Waals surface area contributed by atoms with Gasteiger partial charge in [-0.1, -0.05) is 6.07 Å². The Labute approximate surface area is 125 Å². The number of carboxylic acid groups (broad SMARTS) is 1. The number of nitrogens with one attached hydrogen (secondary N) is 1. The van der Waals surface area contributed by atoms with E-state index in [1.54, 1.807) is 6.07 Å². The number of aromatic carboxylic acids is 1. The maximum atomic E-state index is 10.8. The van der Waals surface area contributed by atoms with E-state index >= 15 is 0 Å². The standard InChI is InChI=1S/C15H16BrNO3/c1-8-6-9(2)14(11(16)7-8)17-10(3)12-4-5-13(20-12)15(18)19/h4-7,10,17H,1-3H3,(H,18,19). The van der Waals surface area contributed by atoms with Crippen molar-refractivity contribution in [2.75, 3.05) is 5.32 Å². The summed E-state index contributed by atoms with van der Waals surface area (Å²) in [5.41, 5.74) is 3.28. The molecular formula is C15H16BrNO3. The first kappa shape index (κ1) is 14.7. The van der Waals surface area contributed by atoms with E-state index in [-0.39, 0.29) is 11.8 Å². The topological polar surface area (TPSA) is 62.5 Å². The first-order chi connectivity index (χ1) is 9.38. The van der Waals surface area contributed by atoms with Crippen LogP contribution in [0.1, 0.15) is 40.4 Å². The van der Waals surface area contributed by atoms with E-state index in [1.165, 1.54) is 11.6 Å². The molecule has 0 saturated carbocycles. The molecule has 1 heterocycles. The van der Waals surface area contributed by atoms with Crippen molar-refractivity contribution < 1.29 is 14.3 Å². The number of carboxylic acids is 1. The Bertz CT molecular complexity index is 625. The summed E-state index contributed by atoms with van der Waals surface area (Å²) in [6, 6.07) is 7.14. The minimum Gasteiger partial charge on any atom is -0.475 e. The van der Waals surface area contributed by atoms with Gasteiger partial charge < -0.3 is 14.8 Å². The molecule has 5 heteroatoms. The van der Waals surface area contributed by atoms with Gasteiger partial charge in [0.1, 0.15) is 5.76 Å². The van der Waals surface area contributed by atoms with Gasteiger partial charge in [-0.3, -0.25) is 0 Å². The zero-order valence-corrected chi connectivity index (χ0v) is 13.1. The lowest BCUT2D eigenvalue weighted by molar-refractivity contribution is 0.0660. The molecule has 0 aliphatic carbocycles. The second-order valence-electron chi connectivity index (χ2n) is 4.81. The normalized spacial score (nSPS) is 12.2. The van der Waals surface area contributed by atoms with Gasteiger partial charge in [0.15, 0.2) is 0 Å². The lowest BCUT2D eigenvalue weighted by Gasteiger charge is -2.17. The first-order valence-corrected chi connectivity index (χ1v) is 7.04. The number of hydrogen-bond donors (Lipinski definition) is 2. The zero-order valence-electron chi connectivity index (χ0n) is 11.5. The van der Waals surface area contributed by atoms with Crippen molar-refractivity contribution in [3.05, 3.63) is 51.4 Å². The van der Waals surface area contributed by atoms with Crippen LogP contribution in [-0.4, -0.2) is 11.1 Å². The van der Waals surface area contributed by atoms with Crippen LogP contribution in [0.5, 0.6) is 0 Å². The van der Waals surface area contributed by atoms with E-state index in [2.05, 4.69) is 27.3 Å². The molecule has 0 fully saturated rings. The molecule has 20 heavy (non-hydrogen) atoms. The van der Waals surface area contributed by atoms with Crippen molar-refractivity contribution in [3.63, 3.8) is 0 Å². The van der Waals surface area contributed by atoms with Crippen LogP contribution in [-0.2, 0) is 0 Å². The molecule has 0 amide bonds. The summed E-state index contributed by atoms with van der Waals surface area (Å²) in [5, 5.41) is 12.2. The van der Waals surface area contributed by atoms with Crippen LogP contribution < -0.4 is 5.32 Å². The van der Waals surface area contributed by atoms with Crippen molar-refractivity contribution in [2.24, 2.45) is 0 Å². The number of halogens is 1. The molecule has 4 nitrogen and oxygen atoms in total. The highest BCUT2D eigenvalue weighted by atomic mass is 79.9. The van der Waals surface area contributed by atoms with Crippen LogP contribution in [0, 0.1) is 13.8 Å². The fourth-order valence-electron chi connectivity index (χ4n) is 2.09. The molecule has 2 rings (SSSR count). The molecule has 2 aromatic rings. The van der Waals surface area contributed by atoms with Crippen LogP contribution in [0.3, 0.4) is 0 Å². The third-order valence-electron chi connectivity index (χ3n) is 3.06. The highest BCUT2D eigenvalue weighted by Gasteiger charge is 2.16. The Morgan fingerprint density at radius 3 is 2.60 bits per heavy atom. The monoisotopic (exact) mass is 337 g/mol. The molecule has 2 N–H and O–H groups in total. The molecule has 0 saturated heterocycles. The maximum absolute atomic E-state index is 10.8.